The molecule has 1 atom stereocenters. The lowest BCUT2D eigenvalue weighted by molar-refractivity contribution is -0.138. The predicted molar refractivity (Wildman–Crippen MR) is 52.5 cm³/mol. The van der Waals surface area contributed by atoms with E-state index in [2.05, 4.69) is 10.2 Å². The Kier molecular flexibility index (Phi) is 3.24. The topological polar surface area (TPSA) is 66.3 Å². The van der Waals surface area contributed by atoms with Gasteiger partial charge in [-0.25, -0.2) is 4.79 Å². The number of halogens is 1. The minimum atomic E-state index is -0.913. The van der Waals surface area contributed by atoms with Gasteiger partial charge in [0, 0.05) is 7.05 Å². The number of hydrogen-bond acceptors (Lipinski definition) is 4. The summed E-state index contributed by atoms with van der Waals surface area (Å²) in [6.45, 7) is 1.57. The summed E-state index contributed by atoms with van der Waals surface area (Å²) < 4.78 is 0. The summed E-state index contributed by atoms with van der Waals surface area (Å²) in [7, 11) is 1.64. The summed E-state index contributed by atoms with van der Waals surface area (Å²) >= 11 is 5.55. The van der Waals surface area contributed by atoms with Crippen molar-refractivity contribution in [2.75, 3.05) is 11.9 Å². The van der Waals surface area contributed by atoms with Crippen LogP contribution in [0.5, 0.6) is 0 Å². The first-order valence-corrected chi connectivity index (χ1v) is 4.35. The zero-order chi connectivity index (χ0) is 10.7. The lowest BCUT2D eigenvalue weighted by Crippen LogP contribution is -2.36. The molecule has 1 heterocycles. The molecule has 1 aromatic heterocycles. The maximum absolute atomic E-state index is 10.7. The third-order valence-corrected chi connectivity index (χ3v) is 2.12. The second-order valence-electron chi connectivity index (χ2n) is 2.84. The Labute approximate surface area is 86.3 Å². The zero-order valence-corrected chi connectivity index (χ0v) is 8.56. The van der Waals surface area contributed by atoms with Crippen LogP contribution in [0.1, 0.15) is 6.92 Å². The average Bonchev–Trinajstić information content (AvgIpc) is 2.16. The highest BCUT2D eigenvalue weighted by molar-refractivity contribution is 6.29. The first-order chi connectivity index (χ1) is 6.52. The van der Waals surface area contributed by atoms with Crippen LogP contribution < -0.4 is 4.90 Å². The summed E-state index contributed by atoms with van der Waals surface area (Å²) in [6, 6.07) is 2.54. The minimum Gasteiger partial charge on any atom is -0.480 e. The normalized spacial score (nSPS) is 12.2. The van der Waals surface area contributed by atoms with Gasteiger partial charge in [0.15, 0.2) is 11.0 Å². The Bertz CT molecular complexity index is 328. The number of aliphatic carboxylic acids is 1. The van der Waals surface area contributed by atoms with Crippen LogP contribution >= 0.6 is 11.6 Å². The summed E-state index contributed by atoms with van der Waals surface area (Å²) in [5, 5.41) is 16.4. The molecule has 0 aromatic carbocycles. The van der Waals surface area contributed by atoms with Gasteiger partial charge in [0.25, 0.3) is 0 Å². The van der Waals surface area contributed by atoms with E-state index in [0.29, 0.717) is 5.82 Å². The zero-order valence-electron chi connectivity index (χ0n) is 7.81. The number of rotatable bonds is 3. The highest BCUT2D eigenvalue weighted by atomic mass is 35.5. The molecule has 0 spiro atoms. The summed E-state index contributed by atoms with van der Waals surface area (Å²) in [4.78, 5) is 12.2. The Hall–Kier alpha value is -1.36. The van der Waals surface area contributed by atoms with Gasteiger partial charge in [0.05, 0.1) is 0 Å². The second kappa shape index (κ2) is 4.23. The first-order valence-electron chi connectivity index (χ1n) is 3.97. The molecule has 0 bridgehead atoms. The Morgan fingerprint density at radius 2 is 2.21 bits per heavy atom. The second-order valence-corrected chi connectivity index (χ2v) is 3.23. The highest BCUT2D eigenvalue weighted by Gasteiger charge is 2.18. The third-order valence-electron chi connectivity index (χ3n) is 1.92. The van der Waals surface area contributed by atoms with Crippen LogP contribution in [-0.2, 0) is 4.79 Å². The standard InChI is InChI=1S/C8H10ClN3O2/c1-5(8(13)14)12(2)7-4-3-6(9)10-11-7/h3-5H,1-2H3,(H,13,14). The van der Waals surface area contributed by atoms with Gasteiger partial charge in [-0.05, 0) is 19.1 Å². The number of carboxylic acids is 1. The van der Waals surface area contributed by atoms with Gasteiger partial charge in [-0.3, -0.25) is 0 Å². The van der Waals surface area contributed by atoms with Crippen molar-refractivity contribution in [2.45, 2.75) is 13.0 Å². The van der Waals surface area contributed by atoms with Gasteiger partial charge in [0.2, 0.25) is 0 Å². The number of carboxylic acid groups (broad SMARTS) is 1. The molecule has 1 aromatic rings. The number of nitrogens with zero attached hydrogens (tertiary/aromatic N) is 3. The fourth-order valence-electron chi connectivity index (χ4n) is 0.861. The van der Waals surface area contributed by atoms with Crippen molar-refractivity contribution in [3.63, 3.8) is 0 Å². The van der Waals surface area contributed by atoms with Crippen molar-refractivity contribution in [3.8, 4) is 0 Å². The number of carbonyl (C=O) groups is 1. The van der Waals surface area contributed by atoms with Crippen molar-refractivity contribution in [1.29, 1.82) is 0 Å². The summed E-state index contributed by atoms with van der Waals surface area (Å²) in [5.74, 6) is -0.437. The molecule has 0 aliphatic heterocycles. The van der Waals surface area contributed by atoms with E-state index in [1.165, 1.54) is 4.90 Å². The quantitative estimate of drug-likeness (QED) is 0.816. The lowest BCUT2D eigenvalue weighted by atomic mass is 10.3. The van der Waals surface area contributed by atoms with Crippen molar-refractivity contribution < 1.29 is 9.90 Å². The SMILES string of the molecule is CC(C(=O)O)N(C)c1ccc(Cl)nn1. The van der Waals surface area contributed by atoms with Crippen molar-refractivity contribution in [1.82, 2.24) is 10.2 Å². The Morgan fingerprint density at radius 3 is 2.64 bits per heavy atom. The van der Waals surface area contributed by atoms with Crippen molar-refractivity contribution in [3.05, 3.63) is 17.3 Å². The van der Waals surface area contributed by atoms with E-state index < -0.39 is 12.0 Å². The van der Waals surface area contributed by atoms with Gasteiger partial charge in [-0.1, -0.05) is 11.6 Å². The number of anilines is 1. The Balaban J connectivity index is 2.84. The van der Waals surface area contributed by atoms with Crippen molar-refractivity contribution >= 4 is 23.4 Å². The van der Waals surface area contributed by atoms with Gasteiger partial charge in [-0.2, -0.15) is 0 Å². The molecule has 0 saturated carbocycles. The molecular formula is C8H10ClN3O2. The van der Waals surface area contributed by atoms with E-state index in [-0.39, 0.29) is 5.15 Å². The first kappa shape index (κ1) is 10.7. The molecular weight excluding hydrogens is 206 g/mol. The molecule has 76 valence electrons. The maximum atomic E-state index is 10.7. The molecule has 1 rings (SSSR count). The van der Waals surface area contributed by atoms with Crippen LogP contribution in [0.2, 0.25) is 5.15 Å². The van der Waals surface area contributed by atoms with Crippen LogP contribution in [0, 0.1) is 0 Å². The molecule has 1 N–H and O–H groups in total. The van der Waals surface area contributed by atoms with Gasteiger partial charge < -0.3 is 10.0 Å². The van der Waals surface area contributed by atoms with E-state index in [1.54, 1.807) is 26.1 Å². The van der Waals surface area contributed by atoms with Gasteiger partial charge >= 0.3 is 5.97 Å². The molecule has 6 heteroatoms. The molecule has 0 aliphatic rings. The Morgan fingerprint density at radius 1 is 1.57 bits per heavy atom. The van der Waals surface area contributed by atoms with Crippen LogP contribution in [0.4, 0.5) is 5.82 Å². The van der Waals surface area contributed by atoms with Crippen molar-refractivity contribution in [2.24, 2.45) is 0 Å². The van der Waals surface area contributed by atoms with Gasteiger partial charge in [-0.15, -0.1) is 10.2 Å². The van der Waals surface area contributed by atoms with E-state index >= 15 is 0 Å². The van der Waals surface area contributed by atoms with Crippen LogP contribution in [0.25, 0.3) is 0 Å². The molecule has 0 aliphatic carbocycles. The molecule has 5 nitrogen and oxygen atoms in total. The monoisotopic (exact) mass is 215 g/mol. The van der Waals surface area contributed by atoms with E-state index in [9.17, 15) is 4.79 Å². The fraction of sp³-hybridized carbons (Fsp3) is 0.375. The van der Waals surface area contributed by atoms with E-state index in [0.717, 1.165) is 0 Å². The molecule has 1 unspecified atom stereocenters. The fourth-order valence-corrected chi connectivity index (χ4v) is 0.962. The number of hydrogen-bond donors (Lipinski definition) is 1. The molecule has 0 fully saturated rings. The summed E-state index contributed by atoms with van der Waals surface area (Å²) in [6.07, 6.45) is 0. The van der Waals surface area contributed by atoms with Crippen LogP contribution in [-0.4, -0.2) is 34.4 Å². The van der Waals surface area contributed by atoms with Crippen LogP contribution in [0.3, 0.4) is 0 Å². The molecule has 0 radical (unpaired) electrons. The largest absolute Gasteiger partial charge is 0.480 e. The predicted octanol–water partition coefficient (Wildman–Crippen LogP) is 1.04. The molecule has 14 heavy (non-hydrogen) atoms. The third kappa shape index (κ3) is 2.32. The number of aromatic nitrogens is 2. The summed E-state index contributed by atoms with van der Waals surface area (Å²) in [5.41, 5.74) is 0. The highest BCUT2D eigenvalue weighted by Crippen LogP contribution is 2.12. The molecule has 0 saturated heterocycles. The molecule has 0 amide bonds. The van der Waals surface area contributed by atoms with Crippen LogP contribution in [0.15, 0.2) is 12.1 Å². The lowest BCUT2D eigenvalue weighted by Gasteiger charge is -2.21. The van der Waals surface area contributed by atoms with Gasteiger partial charge in [0.1, 0.15) is 6.04 Å². The minimum absolute atomic E-state index is 0.283. The average molecular weight is 216 g/mol. The smallest absolute Gasteiger partial charge is 0.326 e. The van der Waals surface area contributed by atoms with E-state index in [1.807, 2.05) is 0 Å². The maximum Gasteiger partial charge on any atom is 0.326 e. The number of likely N-dealkylation sites (N-methyl/N-ethyl adjacent to an activating group) is 1. The van der Waals surface area contributed by atoms with E-state index in [4.69, 9.17) is 16.7 Å².